The third kappa shape index (κ3) is 0.886. The predicted octanol–water partition coefficient (Wildman–Crippen LogP) is 2.41. The maximum atomic E-state index is 5.61. The molecule has 0 fully saturated rings. The zero-order valence-electron chi connectivity index (χ0n) is 7.55. The smallest absolute Gasteiger partial charge is 0.131 e. The molecule has 2 heterocycles. The molecule has 66 valence electrons. The standard InChI is InChI=1S/C11H11NO/c1-7-6-9-10(12-7)3-2-8-4-5-13-11(8)9/h2-3,6,12H,4-5H2,1H3. The van der Waals surface area contributed by atoms with Crippen molar-refractivity contribution in [2.24, 2.45) is 0 Å². The van der Waals surface area contributed by atoms with Gasteiger partial charge in [0.2, 0.25) is 0 Å². The zero-order chi connectivity index (χ0) is 8.84. The first kappa shape index (κ1) is 7.01. The van der Waals surface area contributed by atoms with Crippen LogP contribution in [-0.4, -0.2) is 11.6 Å². The first-order valence-corrected chi connectivity index (χ1v) is 4.58. The fourth-order valence-corrected chi connectivity index (χ4v) is 1.99. The third-order valence-electron chi connectivity index (χ3n) is 2.59. The van der Waals surface area contributed by atoms with Gasteiger partial charge in [-0.05, 0) is 24.6 Å². The van der Waals surface area contributed by atoms with E-state index in [9.17, 15) is 0 Å². The summed E-state index contributed by atoms with van der Waals surface area (Å²) in [6, 6.07) is 6.44. The number of hydrogen-bond donors (Lipinski definition) is 1. The number of aromatic nitrogens is 1. The highest BCUT2D eigenvalue weighted by Gasteiger charge is 2.15. The van der Waals surface area contributed by atoms with Gasteiger partial charge in [-0.1, -0.05) is 6.07 Å². The van der Waals surface area contributed by atoms with E-state index in [0.29, 0.717) is 0 Å². The average Bonchev–Trinajstić information content (AvgIpc) is 2.65. The Labute approximate surface area is 76.5 Å². The van der Waals surface area contributed by atoms with Gasteiger partial charge in [-0.15, -0.1) is 0 Å². The molecular formula is C11H11NO. The summed E-state index contributed by atoms with van der Waals surface area (Å²) < 4.78 is 5.61. The maximum Gasteiger partial charge on any atom is 0.131 e. The Kier molecular flexibility index (Phi) is 1.23. The first-order chi connectivity index (χ1) is 6.34. The Hall–Kier alpha value is -1.44. The molecule has 0 spiro atoms. The minimum absolute atomic E-state index is 0.832. The Morgan fingerprint density at radius 2 is 2.31 bits per heavy atom. The number of ether oxygens (including phenoxy) is 1. The van der Waals surface area contributed by atoms with Gasteiger partial charge in [0.15, 0.2) is 0 Å². The van der Waals surface area contributed by atoms with Crippen LogP contribution < -0.4 is 4.74 Å². The molecule has 2 aromatic rings. The molecule has 1 aliphatic rings. The van der Waals surface area contributed by atoms with E-state index in [4.69, 9.17) is 4.74 Å². The fourth-order valence-electron chi connectivity index (χ4n) is 1.99. The molecule has 1 N–H and O–H groups in total. The summed E-state index contributed by atoms with van der Waals surface area (Å²) in [7, 11) is 0. The van der Waals surface area contributed by atoms with Gasteiger partial charge in [-0.2, -0.15) is 0 Å². The van der Waals surface area contributed by atoms with Crippen molar-refractivity contribution in [3.05, 3.63) is 29.5 Å². The molecule has 0 saturated heterocycles. The number of fused-ring (bicyclic) bond motifs is 3. The van der Waals surface area contributed by atoms with Gasteiger partial charge >= 0.3 is 0 Å². The number of aromatic amines is 1. The minimum atomic E-state index is 0.832. The van der Waals surface area contributed by atoms with E-state index < -0.39 is 0 Å². The minimum Gasteiger partial charge on any atom is -0.492 e. The molecule has 1 aliphatic heterocycles. The summed E-state index contributed by atoms with van der Waals surface area (Å²) in [6.07, 6.45) is 1.05. The number of benzene rings is 1. The molecule has 2 nitrogen and oxygen atoms in total. The highest BCUT2D eigenvalue weighted by molar-refractivity contribution is 5.88. The van der Waals surface area contributed by atoms with Gasteiger partial charge in [0.05, 0.1) is 6.61 Å². The first-order valence-electron chi connectivity index (χ1n) is 4.58. The summed E-state index contributed by atoms with van der Waals surface area (Å²) in [5.74, 6) is 1.09. The molecule has 0 amide bonds. The highest BCUT2D eigenvalue weighted by atomic mass is 16.5. The van der Waals surface area contributed by atoms with E-state index in [1.54, 1.807) is 0 Å². The lowest BCUT2D eigenvalue weighted by atomic mass is 10.1. The normalized spacial score (nSPS) is 14.5. The Morgan fingerprint density at radius 1 is 1.38 bits per heavy atom. The Morgan fingerprint density at radius 3 is 3.23 bits per heavy atom. The van der Waals surface area contributed by atoms with Crippen LogP contribution in [0.25, 0.3) is 10.9 Å². The van der Waals surface area contributed by atoms with Crippen LogP contribution in [0, 0.1) is 6.92 Å². The molecule has 3 rings (SSSR count). The van der Waals surface area contributed by atoms with E-state index in [2.05, 4.69) is 30.1 Å². The van der Waals surface area contributed by atoms with Crippen molar-refractivity contribution in [2.75, 3.05) is 6.61 Å². The third-order valence-corrected chi connectivity index (χ3v) is 2.59. The number of H-pyrrole nitrogens is 1. The number of aryl methyl sites for hydroxylation is 1. The van der Waals surface area contributed by atoms with Crippen LogP contribution in [0.5, 0.6) is 5.75 Å². The van der Waals surface area contributed by atoms with Gasteiger partial charge < -0.3 is 9.72 Å². The van der Waals surface area contributed by atoms with E-state index in [0.717, 1.165) is 18.8 Å². The van der Waals surface area contributed by atoms with Crippen LogP contribution in [0.3, 0.4) is 0 Å². The Balaban J connectivity index is 2.42. The lowest BCUT2D eigenvalue weighted by Gasteiger charge is -1.99. The number of nitrogens with one attached hydrogen (secondary N) is 1. The van der Waals surface area contributed by atoms with Crippen LogP contribution in [0.1, 0.15) is 11.3 Å². The summed E-state index contributed by atoms with van der Waals surface area (Å²) >= 11 is 0. The van der Waals surface area contributed by atoms with Crippen molar-refractivity contribution < 1.29 is 4.74 Å². The summed E-state index contributed by atoms with van der Waals surface area (Å²) in [6.45, 7) is 2.90. The van der Waals surface area contributed by atoms with Crippen molar-refractivity contribution in [3.63, 3.8) is 0 Å². The van der Waals surface area contributed by atoms with Crippen molar-refractivity contribution in [3.8, 4) is 5.75 Å². The second kappa shape index (κ2) is 2.28. The summed E-state index contributed by atoms with van der Waals surface area (Å²) in [5, 5.41) is 1.23. The molecule has 13 heavy (non-hydrogen) atoms. The average molecular weight is 173 g/mol. The second-order valence-corrected chi connectivity index (χ2v) is 3.57. The molecule has 0 bridgehead atoms. The van der Waals surface area contributed by atoms with E-state index in [-0.39, 0.29) is 0 Å². The van der Waals surface area contributed by atoms with Crippen LogP contribution in [0.4, 0.5) is 0 Å². The second-order valence-electron chi connectivity index (χ2n) is 3.57. The maximum absolute atomic E-state index is 5.61. The quantitative estimate of drug-likeness (QED) is 0.650. The summed E-state index contributed by atoms with van der Waals surface area (Å²) in [4.78, 5) is 3.31. The van der Waals surface area contributed by atoms with Gasteiger partial charge in [-0.25, -0.2) is 0 Å². The van der Waals surface area contributed by atoms with Crippen molar-refractivity contribution in [2.45, 2.75) is 13.3 Å². The summed E-state index contributed by atoms with van der Waals surface area (Å²) in [5.41, 5.74) is 3.71. The van der Waals surface area contributed by atoms with Crippen LogP contribution in [0.15, 0.2) is 18.2 Å². The van der Waals surface area contributed by atoms with Crippen molar-refractivity contribution in [1.29, 1.82) is 0 Å². The van der Waals surface area contributed by atoms with Crippen LogP contribution >= 0.6 is 0 Å². The van der Waals surface area contributed by atoms with Gasteiger partial charge in [0.25, 0.3) is 0 Å². The molecule has 0 saturated carbocycles. The van der Waals surface area contributed by atoms with E-state index in [1.807, 2.05) is 0 Å². The molecular weight excluding hydrogens is 162 g/mol. The lowest BCUT2D eigenvalue weighted by Crippen LogP contribution is -1.86. The number of hydrogen-bond acceptors (Lipinski definition) is 1. The van der Waals surface area contributed by atoms with Crippen LogP contribution in [-0.2, 0) is 6.42 Å². The molecule has 0 radical (unpaired) electrons. The zero-order valence-corrected chi connectivity index (χ0v) is 7.55. The van der Waals surface area contributed by atoms with Crippen molar-refractivity contribution in [1.82, 2.24) is 4.98 Å². The highest BCUT2D eigenvalue weighted by Crippen LogP contribution is 2.34. The van der Waals surface area contributed by atoms with E-state index >= 15 is 0 Å². The van der Waals surface area contributed by atoms with E-state index in [1.165, 1.54) is 22.2 Å². The van der Waals surface area contributed by atoms with Gasteiger partial charge in [0.1, 0.15) is 5.75 Å². The van der Waals surface area contributed by atoms with Gasteiger partial charge in [0, 0.05) is 23.0 Å². The molecule has 2 heteroatoms. The molecule has 0 atom stereocenters. The predicted molar refractivity (Wildman–Crippen MR) is 52.2 cm³/mol. The number of rotatable bonds is 0. The fraction of sp³-hybridized carbons (Fsp3) is 0.273. The van der Waals surface area contributed by atoms with Gasteiger partial charge in [-0.3, -0.25) is 0 Å². The molecule has 0 unspecified atom stereocenters. The monoisotopic (exact) mass is 173 g/mol. The topological polar surface area (TPSA) is 25.0 Å². The van der Waals surface area contributed by atoms with Crippen LogP contribution in [0.2, 0.25) is 0 Å². The SMILES string of the molecule is Cc1cc2c3c(ccc2[nH]1)CCO3. The Bertz CT molecular complexity index is 470. The lowest BCUT2D eigenvalue weighted by molar-refractivity contribution is 0.360. The van der Waals surface area contributed by atoms with Crippen molar-refractivity contribution >= 4 is 10.9 Å². The molecule has 0 aliphatic carbocycles. The molecule has 1 aromatic carbocycles. The molecule has 1 aromatic heterocycles. The largest absolute Gasteiger partial charge is 0.492 e.